The predicted molar refractivity (Wildman–Crippen MR) is 109 cm³/mol. The summed E-state index contributed by atoms with van der Waals surface area (Å²) in [5.41, 5.74) is 7.31. The molecule has 0 fully saturated rings. The van der Waals surface area contributed by atoms with Crippen LogP contribution in [0.25, 0.3) is 11.1 Å². The number of nitrogens with two attached hydrogens (primary N) is 1. The van der Waals surface area contributed by atoms with Gasteiger partial charge in [-0.1, -0.05) is 35.3 Å². The Morgan fingerprint density at radius 1 is 1.26 bits per heavy atom. The molecule has 3 rings (SSSR count). The smallest absolute Gasteiger partial charge is 0.415 e. The lowest BCUT2D eigenvalue weighted by Crippen LogP contribution is -2.48. The van der Waals surface area contributed by atoms with Crippen LogP contribution in [0.3, 0.4) is 0 Å². The van der Waals surface area contributed by atoms with E-state index in [0.29, 0.717) is 28.0 Å². The van der Waals surface area contributed by atoms with E-state index in [0.717, 1.165) is 11.1 Å². The topological polar surface area (TPSA) is 64.8 Å². The molecular formula is C20H22Cl2N2O3. The van der Waals surface area contributed by atoms with Gasteiger partial charge in [0, 0.05) is 27.7 Å². The van der Waals surface area contributed by atoms with Gasteiger partial charge in [-0.25, -0.2) is 4.79 Å². The second kappa shape index (κ2) is 7.58. The van der Waals surface area contributed by atoms with Gasteiger partial charge in [-0.05, 0) is 45.0 Å². The fourth-order valence-corrected chi connectivity index (χ4v) is 3.29. The molecule has 2 aromatic rings. The van der Waals surface area contributed by atoms with Crippen LogP contribution in [0.1, 0.15) is 20.8 Å². The van der Waals surface area contributed by atoms with Crippen molar-refractivity contribution in [2.45, 2.75) is 32.5 Å². The number of anilines is 1. The summed E-state index contributed by atoms with van der Waals surface area (Å²) in [6.45, 7) is 6.06. The molecule has 0 bridgehead atoms. The summed E-state index contributed by atoms with van der Waals surface area (Å²) in [5, 5.41) is 1.09. The Balaban J connectivity index is 2.11. The zero-order chi connectivity index (χ0) is 19.8. The van der Waals surface area contributed by atoms with Crippen LogP contribution in [-0.4, -0.2) is 30.9 Å². The number of fused-ring (bicyclic) bond motifs is 1. The highest BCUT2D eigenvalue weighted by molar-refractivity contribution is 6.35. The summed E-state index contributed by atoms with van der Waals surface area (Å²) in [4.78, 5) is 14.3. The van der Waals surface area contributed by atoms with E-state index in [1.807, 2.05) is 39.0 Å². The molecule has 7 heteroatoms. The van der Waals surface area contributed by atoms with Crippen LogP contribution in [0.2, 0.25) is 10.0 Å². The minimum atomic E-state index is -0.609. The molecule has 0 radical (unpaired) electrons. The summed E-state index contributed by atoms with van der Waals surface area (Å²) >= 11 is 12.5. The molecule has 2 aromatic carbocycles. The first kappa shape index (κ1) is 19.8. The van der Waals surface area contributed by atoms with Crippen molar-refractivity contribution >= 4 is 35.0 Å². The Labute approximate surface area is 168 Å². The Hall–Kier alpha value is -1.95. The molecule has 5 nitrogen and oxygen atoms in total. The Bertz CT molecular complexity index is 865. The van der Waals surface area contributed by atoms with Crippen molar-refractivity contribution in [3.63, 3.8) is 0 Å². The maximum atomic E-state index is 12.8. The van der Waals surface area contributed by atoms with E-state index >= 15 is 0 Å². The van der Waals surface area contributed by atoms with E-state index in [9.17, 15) is 4.79 Å². The lowest BCUT2D eigenvalue weighted by atomic mass is 10.0. The van der Waals surface area contributed by atoms with E-state index in [-0.39, 0.29) is 12.6 Å². The number of carbonyl (C=O) groups is 1. The highest BCUT2D eigenvalue weighted by Crippen LogP contribution is 2.44. The number of amides is 1. The first-order valence-corrected chi connectivity index (χ1v) is 9.41. The van der Waals surface area contributed by atoms with Gasteiger partial charge < -0.3 is 15.2 Å². The normalized spacial score (nSPS) is 16.5. The predicted octanol–water partition coefficient (Wildman–Crippen LogP) is 5.12. The van der Waals surface area contributed by atoms with Crippen LogP contribution in [0.5, 0.6) is 5.75 Å². The second-order valence-electron chi connectivity index (χ2n) is 7.34. The van der Waals surface area contributed by atoms with Gasteiger partial charge in [0.05, 0.1) is 12.2 Å². The number of para-hydroxylation sites is 1. The number of hydrogen-bond acceptors (Lipinski definition) is 4. The molecule has 1 atom stereocenters. The number of ether oxygens (including phenoxy) is 2. The average Bonchev–Trinajstić information content (AvgIpc) is 2.60. The molecule has 2 N–H and O–H groups in total. The first-order chi connectivity index (χ1) is 12.7. The highest BCUT2D eigenvalue weighted by Gasteiger charge is 2.34. The quantitative estimate of drug-likeness (QED) is 0.748. The highest BCUT2D eigenvalue weighted by atomic mass is 35.5. The van der Waals surface area contributed by atoms with Crippen molar-refractivity contribution < 1.29 is 14.3 Å². The number of halogens is 2. The van der Waals surface area contributed by atoms with Gasteiger partial charge >= 0.3 is 6.09 Å². The lowest BCUT2D eigenvalue weighted by Gasteiger charge is -2.36. The van der Waals surface area contributed by atoms with E-state index < -0.39 is 11.7 Å². The summed E-state index contributed by atoms with van der Waals surface area (Å²) in [5.74, 6) is 0.536. The summed E-state index contributed by atoms with van der Waals surface area (Å²) < 4.78 is 11.7. The molecule has 1 heterocycles. The Morgan fingerprint density at radius 3 is 2.67 bits per heavy atom. The Kier molecular flexibility index (Phi) is 5.56. The third-order valence-electron chi connectivity index (χ3n) is 4.05. The van der Waals surface area contributed by atoms with Gasteiger partial charge in [0.15, 0.2) is 5.75 Å². The summed E-state index contributed by atoms with van der Waals surface area (Å²) in [7, 11) is 0. The van der Waals surface area contributed by atoms with Crippen molar-refractivity contribution in [2.75, 3.05) is 18.0 Å². The average molecular weight is 409 g/mol. The zero-order valence-electron chi connectivity index (χ0n) is 15.5. The maximum Gasteiger partial charge on any atom is 0.415 e. The van der Waals surface area contributed by atoms with E-state index in [1.165, 1.54) is 0 Å². The summed E-state index contributed by atoms with van der Waals surface area (Å²) in [6.07, 6.45) is -0.802. The van der Waals surface area contributed by atoms with Gasteiger partial charge in [-0.2, -0.15) is 0 Å². The van der Waals surface area contributed by atoms with Crippen molar-refractivity contribution in [1.82, 2.24) is 0 Å². The molecule has 0 saturated carbocycles. The second-order valence-corrected chi connectivity index (χ2v) is 8.19. The first-order valence-electron chi connectivity index (χ1n) is 8.65. The van der Waals surface area contributed by atoms with Gasteiger partial charge in [-0.15, -0.1) is 0 Å². The lowest BCUT2D eigenvalue weighted by molar-refractivity contribution is 0.0550. The third kappa shape index (κ3) is 4.32. The molecule has 144 valence electrons. The van der Waals surface area contributed by atoms with E-state index in [1.54, 1.807) is 23.1 Å². The van der Waals surface area contributed by atoms with Crippen LogP contribution >= 0.6 is 23.2 Å². The molecule has 1 aliphatic heterocycles. The fraction of sp³-hybridized carbons (Fsp3) is 0.350. The molecule has 27 heavy (non-hydrogen) atoms. The van der Waals surface area contributed by atoms with Gasteiger partial charge in [0.2, 0.25) is 0 Å². The van der Waals surface area contributed by atoms with Crippen molar-refractivity contribution in [1.29, 1.82) is 0 Å². The molecule has 0 spiro atoms. The minimum absolute atomic E-state index is 0.260. The van der Waals surface area contributed by atoms with Crippen LogP contribution in [0, 0.1) is 0 Å². The largest absolute Gasteiger partial charge is 0.484 e. The van der Waals surface area contributed by atoms with Crippen molar-refractivity contribution in [3.05, 3.63) is 46.4 Å². The van der Waals surface area contributed by atoms with E-state index in [4.69, 9.17) is 38.4 Å². The molecular weight excluding hydrogens is 387 g/mol. The van der Waals surface area contributed by atoms with Gasteiger partial charge in [0.1, 0.15) is 11.7 Å². The molecule has 0 saturated heterocycles. The number of carbonyl (C=O) groups excluding carboxylic acids is 1. The minimum Gasteiger partial charge on any atom is -0.484 e. The Morgan fingerprint density at radius 2 is 2.00 bits per heavy atom. The van der Waals surface area contributed by atoms with Crippen LogP contribution < -0.4 is 15.4 Å². The van der Waals surface area contributed by atoms with Crippen molar-refractivity contribution in [2.24, 2.45) is 5.73 Å². The number of rotatable bonds is 2. The number of benzene rings is 2. The number of nitrogens with zero attached hydrogens (tertiary/aromatic N) is 1. The number of hydrogen-bond donors (Lipinski definition) is 1. The van der Waals surface area contributed by atoms with Crippen LogP contribution in [0.15, 0.2) is 36.4 Å². The SMILES string of the molecule is CC(C)(C)OC(=O)N1C[C@@H](CN)Oc2c(-c3cc(Cl)ccc3Cl)cccc21. The molecule has 0 aliphatic carbocycles. The van der Waals surface area contributed by atoms with Crippen LogP contribution in [-0.2, 0) is 4.74 Å². The molecule has 0 unspecified atom stereocenters. The maximum absolute atomic E-state index is 12.8. The standard InChI is InChI=1S/C20H22Cl2N2O3/c1-20(2,3)27-19(25)24-11-13(10-23)26-18-14(5-4-6-17(18)24)15-9-12(21)7-8-16(15)22/h4-9,13H,10-11,23H2,1-3H3/t13-/m1/s1. The van der Waals surface area contributed by atoms with Crippen molar-refractivity contribution in [3.8, 4) is 16.9 Å². The summed E-state index contributed by atoms with van der Waals surface area (Å²) in [6, 6.07) is 10.8. The monoisotopic (exact) mass is 408 g/mol. The van der Waals surface area contributed by atoms with Gasteiger partial charge in [0.25, 0.3) is 0 Å². The van der Waals surface area contributed by atoms with Gasteiger partial charge in [-0.3, -0.25) is 4.90 Å². The zero-order valence-corrected chi connectivity index (χ0v) is 17.0. The fourth-order valence-electron chi connectivity index (χ4n) is 2.90. The van der Waals surface area contributed by atoms with Crippen LogP contribution in [0.4, 0.5) is 10.5 Å². The third-order valence-corrected chi connectivity index (χ3v) is 4.62. The molecule has 0 aromatic heterocycles. The molecule has 1 aliphatic rings. The van der Waals surface area contributed by atoms with E-state index in [2.05, 4.69) is 0 Å². The molecule has 1 amide bonds.